The minimum Gasteiger partial charge on any atom is -0.384 e. The summed E-state index contributed by atoms with van der Waals surface area (Å²) >= 11 is 0. The van der Waals surface area contributed by atoms with Crippen LogP contribution in [-0.2, 0) is 6.54 Å². The zero-order valence-corrected chi connectivity index (χ0v) is 9.87. The van der Waals surface area contributed by atoms with Gasteiger partial charge in [-0.2, -0.15) is 0 Å². The van der Waals surface area contributed by atoms with E-state index < -0.39 is 0 Å². The summed E-state index contributed by atoms with van der Waals surface area (Å²) in [6.07, 6.45) is 10.6. The Hall–Kier alpha value is -2.10. The molecule has 0 radical (unpaired) electrons. The quantitative estimate of drug-likeness (QED) is 0.818. The van der Waals surface area contributed by atoms with E-state index in [0.717, 1.165) is 24.2 Å². The number of rotatable bonds is 4. The number of aromatic nitrogens is 3. The number of nitrogens with two attached hydrogens (primary N) is 1. The van der Waals surface area contributed by atoms with Gasteiger partial charge in [0.1, 0.15) is 5.82 Å². The third-order valence-corrected chi connectivity index (χ3v) is 2.56. The van der Waals surface area contributed by atoms with Gasteiger partial charge in [-0.1, -0.05) is 12.2 Å². The molecule has 0 saturated carbocycles. The van der Waals surface area contributed by atoms with Crippen molar-refractivity contribution >= 4 is 5.82 Å². The van der Waals surface area contributed by atoms with Crippen LogP contribution in [0.15, 0.2) is 43.0 Å². The summed E-state index contributed by atoms with van der Waals surface area (Å²) in [5.41, 5.74) is 7.81. The Balaban J connectivity index is 2.24. The van der Waals surface area contributed by atoms with E-state index in [4.69, 9.17) is 5.73 Å². The Morgan fingerprint density at radius 3 is 3.12 bits per heavy atom. The van der Waals surface area contributed by atoms with Gasteiger partial charge in [-0.05, 0) is 25.5 Å². The van der Waals surface area contributed by atoms with Crippen LogP contribution in [0.5, 0.6) is 0 Å². The van der Waals surface area contributed by atoms with Gasteiger partial charge in [-0.15, -0.1) is 0 Å². The second-order valence-electron chi connectivity index (χ2n) is 3.80. The second kappa shape index (κ2) is 5.30. The third kappa shape index (κ3) is 2.72. The van der Waals surface area contributed by atoms with Gasteiger partial charge >= 0.3 is 0 Å². The van der Waals surface area contributed by atoms with E-state index in [9.17, 15) is 0 Å². The Labute approximate surface area is 101 Å². The number of nitrogens with zero attached hydrogens (tertiary/aromatic N) is 3. The molecule has 0 saturated heterocycles. The summed E-state index contributed by atoms with van der Waals surface area (Å²) in [6.45, 7) is 2.94. The number of imidazole rings is 1. The maximum absolute atomic E-state index is 5.68. The van der Waals surface area contributed by atoms with Crippen molar-refractivity contribution in [2.24, 2.45) is 0 Å². The first-order chi connectivity index (χ1) is 8.31. The minimum atomic E-state index is 0.531. The summed E-state index contributed by atoms with van der Waals surface area (Å²) < 4.78 is 2.12. The number of hydrogen-bond acceptors (Lipinski definition) is 3. The van der Waals surface area contributed by atoms with Crippen LogP contribution in [0, 0.1) is 0 Å². The van der Waals surface area contributed by atoms with Gasteiger partial charge in [0.2, 0.25) is 0 Å². The summed E-state index contributed by atoms with van der Waals surface area (Å²) in [5.74, 6) is 0.531. The summed E-state index contributed by atoms with van der Waals surface area (Å²) in [6, 6.07) is 3.81. The SMILES string of the molecule is C/C=C/CCn1cncc1-c1ccnc(N)c1. The molecule has 2 aromatic heterocycles. The van der Waals surface area contributed by atoms with Gasteiger partial charge in [0.05, 0.1) is 18.2 Å². The molecule has 0 aliphatic heterocycles. The lowest BCUT2D eigenvalue weighted by molar-refractivity contribution is 0.715. The van der Waals surface area contributed by atoms with E-state index in [1.54, 1.807) is 6.20 Å². The van der Waals surface area contributed by atoms with Crippen molar-refractivity contribution in [2.45, 2.75) is 19.9 Å². The Morgan fingerprint density at radius 2 is 2.35 bits per heavy atom. The first kappa shape index (κ1) is 11.4. The topological polar surface area (TPSA) is 56.7 Å². The molecule has 0 aliphatic carbocycles. The smallest absolute Gasteiger partial charge is 0.123 e. The van der Waals surface area contributed by atoms with Crippen molar-refractivity contribution in [3.8, 4) is 11.3 Å². The van der Waals surface area contributed by atoms with Crippen molar-refractivity contribution < 1.29 is 0 Å². The molecule has 0 spiro atoms. The number of anilines is 1. The van der Waals surface area contributed by atoms with Crippen LogP contribution in [0.3, 0.4) is 0 Å². The molecule has 2 heterocycles. The van der Waals surface area contributed by atoms with E-state index in [-0.39, 0.29) is 0 Å². The highest BCUT2D eigenvalue weighted by Crippen LogP contribution is 2.20. The molecule has 0 fully saturated rings. The van der Waals surface area contributed by atoms with Gasteiger partial charge in [-0.3, -0.25) is 0 Å². The maximum atomic E-state index is 5.68. The van der Waals surface area contributed by atoms with Crippen molar-refractivity contribution in [2.75, 3.05) is 5.73 Å². The zero-order valence-electron chi connectivity index (χ0n) is 9.87. The maximum Gasteiger partial charge on any atom is 0.123 e. The van der Waals surface area contributed by atoms with E-state index >= 15 is 0 Å². The van der Waals surface area contributed by atoms with E-state index in [1.165, 1.54) is 0 Å². The molecule has 0 atom stereocenters. The molecule has 88 valence electrons. The number of allylic oxidation sites excluding steroid dienone is 2. The van der Waals surface area contributed by atoms with Crippen LogP contribution in [-0.4, -0.2) is 14.5 Å². The monoisotopic (exact) mass is 228 g/mol. The Kier molecular flexibility index (Phi) is 3.55. The first-order valence-corrected chi connectivity index (χ1v) is 5.64. The molecule has 0 aliphatic rings. The van der Waals surface area contributed by atoms with Gasteiger partial charge < -0.3 is 10.3 Å². The molecule has 4 heteroatoms. The molecular formula is C13H16N4. The number of nitrogen functional groups attached to an aromatic ring is 1. The molecular weight excluding hydrogens is 212 g/mol. The van der Waals surface area contributed by atoms with Crippen molar-refractivity contribution in [1.29, 1.82) is 0 Å². The molecule has 0 amide bonds. The van der Waals surface area contributed by atoms with Crippen LogP contribution in [0.1, 0.15) is 13.3 Å². The van der Waals surface area contributed by atoms with Crippen molar-refractivity contribution in [3.63, 3.8) is 0 Å². The fourth-order valence-corrected chi connectivity index (χ4v) is 1.73. The normalized spacial score (nSPS) is 11.1. The molecule has 0 unspecified atom stereocenters. The molecule has 2 aromatic rings. The largest absolute Gasteiger partial charge is 0.384 e. The van der Waals surface area contributed by atoms with Crippen LogP contribution in [0.2, 0.25) is 0 Å². The van der Waals surface area contributed by atoms with E-state index in [2.05, 4.69) is 26.7 Å². The van der Waals surface area contributed by atoms with Crippen LogP contribution >= 0.6 is 0 Å². The predicted molar refractivity (Wildman–Crippen MR) is 69.3 cm³/mol. The van der Waals surface area contributed by atoms with Crippen LogP contribution in [0.4, 0.5) is 5.82 Å². The van der Waals surface area contributed by atoms with Crippen molar-refractivity contribution in [1.82, 2.24) is 14.5 Å². The van der Waals surface area contributed by atoms with Gasteiger partial charge in [0.15, 0.2) is 0 Å². The third-order valence-electron chi connectivity index (χ3n) is 2.56. The zero-order chi connectivity index (χ0) is 12.1. The van der Waals surface area contributed by atoms with Gasteiger partial charge in [0, 0.05) is 18.3 Å². The Bertz CT molecular complexity index is 514. The average Bonchev–Trinajstić information content (AvgIpc) is 2.78. The molecule has 4 nitrogen and oxygen atoms in total. The standard InChI is InChI=1S/C13H16N4/c1-2-3-4-7-17-10-15-9-12(17)11-5-6-16-13(14)8-11/h2-3,5-6,8-10H,4,7H2,1H3,(H2,14,16)/b3-2+. The lowest BCUT2D eigenvalue weighted by Gasteiger charge is -2.06. The summed E-state index contributed by atoms with van der Waals surface area (Å²) in [7, 11) is 0. The van der Waals surface area contributed by atoms with Gasteiger partial charge in [-0.25, -0.2) is 9.97 Å². The highest BCUT2D eigenvalue weighted by molar-refractivity contribution is 5.61. The number of aryl methyl sites for hydroxylation is 1. The van der Waals surface area contributed by atoms with E-state index in [0.29, 0.717) is 5.82 Å². The second-order valence-corrected chi connectivity index (χ2v) is 3.80. The molecule has 17 heavy (non-hydrogen) atoms. The predicted octanol–water partition coefficient (Wildman–Crippen LogP) is 2.49. The lowest BCUT2D eigenvalue weighted by atomic mass is 10.2. The minimum absolute atomic E-state index is 0.531. The fourth-order valence-electron chi connectivity index (χ4n) is 1.73. The average molecular weight is 228 g/mol. The first-order valence-electron chi connectivity index (χ1n) is 5.64. The molecule has 2 rings (SSSR count). The molecule has 0 aromatic carbocycles. The summed E-state index contributed by atoms with van der Waals surface area (Å²) in [4.78, 5) is 8.18. The molecule has 0 bridgehead atoms. The Morgan fingerprint density at radius 1 is 1.47 bits per heavy atom. The molecule has 2 N–H and O–H groups in total. The van der Waals surface area contributed by atoms with Gasteiger partial charge in [0.25, 0.3) is 0 Å². The van der Waals surface area contributed by atoms with Crippen molar-refractivity contribution in [3.05, 3.63) is 43.0 Å². The fraction of sp³-hybridized carbons (Fsp3) is 0.231. The highest BCUT2D eigenvalue weighted by Gasteiger charge is 2.04. The van der Waals surface area contributed by atoms with E-state index in [1.807, 2.05) is 31.6 Å². The summed E-state index contributed by atoms with van der Waals surface area (Å²) in [5, 5.41) is 0. The highest BCUT2D eigenvalue weighted by atomic mass is 15.0. The number of hydrogen-bond donors (Lipinski definition) is 1. The lowest BCUT2D eigenvalue weighted by Crippen LogP contribution is -1.98. The van der Waals surface area contributed by atoms with Crippen LogP contribution in [0.25, 0.3) is 11.3 Å². The number of pyridine rings is 1. The van der Waals surface area contributed by atoms with Crippen LogP contribution < -0.4 is 5.73 Å².